The molecule has 1 aromatic carbocycles. The van der Waals surface area contributed by atoms with E-state index in [9.17, 15) is 4.79 Å². The zero-order valence-electron chi connectivity index (χ0n) is 15.1. The Balaban J connectivity index is 1.42. The van der Waals surface area contributed by atoms with Crippen LogP contribution in [0, 0.1) is 5.41 Å². The van der Waals surface area contributed by atoms with E-state index < -0.39 is 0 Å². The lowest BCUT2D eigenvalue weighted by molar-refractivity contribution is 0.0357. The van der Waals surface area contributed by atoms with Crippen molar-refractivity contribution in [2.75, 3.05) is 27.2 Å². The van der Waals surface area contributed by atoms with Gasteiger partial charge in [-0.2, -0.15) is 8.75 Å². The molecule has 4 rings (SSSR count). The van der Waals surface area contributed by atoms with Crippen molar-refractivity contribution in [1.82, 2.24) is 18.5 Å². The third-order valence-electron chi connectivity index (χ3n) is 6.37. The van der Waals surface area contributed by atoms with Crippen molar-refractivity contribution in [2.24, 2.45) is 5.41 Å². The number of carbonyl (C=O) groups excluding carboxylic acids is 1. The van der Waals surface area contributed by atoms with Crippen molar-refractivity contribution >= 4 is 28.7 Å². The summed E-state index contributed by atoms with van der Waals surface area (Å²) in [6.07, 6.45) is 7.50. The van der Waals surface area contributed by atoms with Crippen LogP contribution >= 0.6 is 11.7 Å². The van der Waals surface area contributed by atoms with E-state index in [0.717, 1.165) is 43.0 Å². The van der Waals surface area contributed by atoms with Gasteiger partial charge in [-0.25, -0.2) is 0 Å². The smallest absolute Gasteiger partial charge is 0.256 e. The Hall–Kier alpha value is -1.53. The molecule has 134 valence electrons. The van der Waals surface area contributed by atoms with Gasteiger partial charge < -0.3 is 9.80 Å². The van der Waals surface area contributed by atoms with E-state index in [1.165, 1.54) is 37.4 Å². The van der Waals surface area contributed by atoms with E-state index in [4.69, 9.17) is 0 Å². The molecule has 6 heteroatoms. The second-order valence-electron chi connectivity index (χ2n) is 7.92. The van der Waals surface area contributed by atoms with Crippen LogP contribution in [0.4, 0.5) is 0 Å². The van der Waals surface area contributed by atoms with E-state index in [2.05, 4.69) is 27.7 Å². The van der Waals surface area contributed by atoms with Crippen molar-refractivity contribution < 1.29 is 4.79 Å². The molecular formula is C19H26N4OS. The van der Waals surface area contributed by atoms with Crippen LogP contribution in [-0.2, 0) is 0 Å². The fourth-order valence-corrected chi connectivity index (χ4v) is 5.11. The summed E-state index contributed by atoms with van der Waals surface area (Å²) in [5, 5.41) is 0. The zero-order valence-corrected chi connectivity index (χ0v) is 15.9. The molecule has 0 N–H and O–H groups in total. The Morgan fingerprint density at radius 2 is 1.88 bits per heavy atom. The predicted octanol–water partition coefficient (Wildman–Crippen LogP) is 3.42. The summed E-state index contributed by atoms with van der Waals surface area (Å²) in [5.41, 5.74) is 2.76. The lowest BCUT2D eigenvalue weighted by Gasteiger charge is -2.47. The van der Waals surface area contributed by atoms with Gasteiger partial charge in [-0.3, -0.25) is 4.79 Å². The molecule has 2 heterocycles. The zero-order chi connectivity index (χ0) is 17.4. The minimum Gasteiger partial charge on any atom is -0.339 e. The first-order valence-corrected chi connectivity index (χ1v) is 9.98. The van der Waals surface area contributed by atoms with Gasteiger partial charge in [0.15, 0.2) is 0 Å². The van der Waals surface area contributed by atoms with Gasteiger partial charge in [0.2, 0.25) is 0 Å². The average molecular weight is 359 g/mol. The molecule has 0 unspecified atom stereocenters. The summed E-state index contributed by atoms with van der Waals surface area (Å²) in [7, 11) is 4.38. The number of fused-ring (bicyclic) bond motifs is 1. The van der Waals surface area contributed by atoms with Crippen molar-refractivity contribution in [3.63, 3.8) is 0 Å². The van der Waals surface area contributed by atoms with Crippen LogP contribution in [0.25, 0.3) is 11.0 Å². The van der Waals surface area contributed by atoms with Crippen LogP contribution < -0.4 is 0 Å². The maximum atomic E-state index is 13.0. The van der Waals surface area contributed by atoms with Crippen molar-refractivity contribution in [3.05, 3.63) is 23.8 Å². The maximum absolute atomic E-state index is 13.0. The van der Waals surface area contributed by atoms with Crippen molar-refractivity contribution in [2.45, 2.75) is 44.6 Å². The van der Waals surface area contributed by atoms with Crippen LogP contribution in [0.2, 0.25) is 0 Å². The largest absolute Gasteiger partial charge is 0.339 e. The number of hydrogen-bond acceptors (Lipinski definition) is 5. The molecule has 1 amide bonds. The maximum Gasteiger partial charge on any atom is 0.256 e. The summed E-state index contributed by atoms with van der Waals surface area (Å²) in [6.45, 7) is 1.75. The van der Waals surface area contributed by atoms with Crippen molar-refractivity contribution in [1.29, 1.82) is 0 Å². The second kappa shape index (κ2) is 6.65. The number of aromatic nitrogens is 2. The molecule has 1 aromatic heterocycles. The molecule has 1 saturated carbocycles. The van der Waals surface area contributed by atoms with Crippen LogP contribution in [0.1, 0.15) is 48.9 Å². The number of piperidine rings is 1. The molecule has 0 bridgehead atoms. The van der Waals surface area contributed by atoms with Gasteiger partial charge in [0, 0.05) is 19.1 Å². The van der Waals surface area contributed by atoms with Gasteiger partial charge in [-0.15, -0.1) is 0 Å². The van der Waals surface area contributed by atoms with Gasteiger partial charge >= 0.3 is 0 Å². The lowest BCUT2D eigenvalue weighted by Crippen LogP contribution is -2.46. The SMILES string of the molecule is CN(C)C1CCC2(CC1)CCN(C(=O)c1cccc3nsnc13)CC2. The molecule has 1 aliphatic carbocycles. The number of amides is 1. The van der Waals surface area contributed by atoms with Gasteiger partial charge in [0.1, 0.15) is 11.0 Å². The summed E-state index contributed by atoms with van der Waals surface area (Å²) in [6, 6.07) is 6.45. The highest BCUT2D eigenvalue weighted by atomic mass is 32.1. The predicted molar refractivity (Wildman–Crippen MR) is 101 cm³/mol. The van der Waals surface area contributed by atoms with E-state index in [-0.39, 0.29) is 5.91 Å². The highest BCUT2D eigenvalue weighted by molar-refractivity contribution is 7.00. The normalized spacial score (nSPS) is 21.3. The first-order chi connectivity index (χ1) is 12.1. The molecule has 5 nitrogen and oxygen atoms in total. The molecule has 1 spiro atoms. The Morgan fingerprint density at radius 3 is 2.56 bits per heavy atom. The van der Waals surface area contributed by atoms with Gasteiger partial charge in [0.05, 0.1) is 17.3 Å². The highest BCUT2D eigenvalue weighted by Crippen LogP contribution is 2.45. The van der Waals surface area contributed by atoms with Crippen LogP contribution in [-0.4, -0.2) is 57.7 Å². The van der Waals surface area contributed by atoms with E-state index in [1.807, 2.05) is 23.1 Å². The molecule has 2 fully saturated rings. The summed E-state index contributed by atoms with van der Waals surface area (Å²) in [5.74, 6) is 0.120. The molecule has 1 saturated heterocycles. The highest BCUT2D eigenvalue weighted by Gasteiger charge is 2.39. The number of rotatable bonds is 2. The molecule has 2 aromatic rings. The van der Waals surface area contributed by atoms with Gasteiger partial charge in [0.25, 0.3) is 5.91 Å². The topological polar surface area (TPSA) is 49.3 Å². The summed E-state index contributed by atoms with van der Waals surface area (Å²) >= 11 is 1.18. The lowest BCUT2D eigenvalue weighted by atomic mass is 9.67. The Labute approximate surface area is 153 Å². The average Bonchev–Trinajstić information content (AvgIpc) is 3.11. The van der Waals surface area contributed by atoms with E-state index in [1.54, 1.807) is 0 Å². The fourth-order valence-electron chi connectivity index (χ4n) is 4.56. The number of benzene rings is 1. The third kappa shape index (κ3) is 3.17. The van der Waals surface area contributed by atoms with Crippen molar-refractivity contribution in [3.8, 4) is 0 Å². The summed E-state index contributed by atoms with van der Waals surface area (Å²) < 4.78 is 8.57. The first kappa shape index (κ1) is 16.9. The first-order valence-electron chi connectivity index (χ1n) is 9.25. The Bertz CT molecular complexity index is 754. The van der Waals surface area contributed by atoms with E-state index >= 15 is 0 Å². The molecule has 2 aliphatic rings. The number of likely N-dealkylation sites (tertiary alicyclic amines) is 1. The summed E-state index contributed by atoms with van der Waals surface area (Å²) in [4.78, 5) is 17.4. The van der Waals surface area contributed by atoms with Crippen LogP contribution in [0.3, 0.4) is 0 Å². The third-order valence-corrected chi connectivity index (χ3v) is 6.92. The second-order valence-corrected chi connectivity index (χ2v) is 8.45. The molecule has 25 heavy (non-hydrogen) atoms. The number of nitrogens with zero attached hydrogens (tertiary/aromatic N) is 4. The van der Waals surface area contributed by atoms with Crippen LogP contribution in [0.15, 0.2) is 18.2 Å². The Morgan fingerprint density at radius 1 is 1.16 bits per heavy atom. The molecular weight excluding hydrogens is 332 g/mol. The van der Waals surface area contributed by atoms with Crippen LogP contribution in [0.5, 0.6) is 0 Å². The molecule has 0 radical (unpaired) electrons. The molecule has 0 atom stereocenters. The number of carbonyl (C=O) groups is 1. The fraction of sp³-hybridized carbons (Fsp3) is 0.632. The Kier molecular flexibility index (Phi) is 4.50. The minimum absolute atomic E-state index is 0.120. The quantitative estimate of drug-likeness (QED) is 0.825. The minimum atomic E-state index is 0.120. The number of hydrogen-bond donors (Lipinski definition) is 0. The monoisotopic (exact) mass is 358 g/mol. The van der Waals surface area contributed by atoms with Gasteiger partial charge in [-0.05, 0) is 70.2 Å². The molecule has 1 aliphatic heterocycles. The standard InChI is InChI=1S/C19H26N4OS/c1-22(2)14-6-8-19(9-7-14)10-12-23(13-11-19)18(24)15-4-3-5-16-17(15)21-25-20-16/h3-5,14H,6-13H2,1-2H3. The van der Waals surface area contributed by atoms with E-state index in [0.29, 0.717) is 11.0 Å². The van der Waals surface area contributed by atoms with Gasteiger partial charge in [-0.1, -0.05) is 6.07 Å².